The topological polar surface area (TPSA) is 84.5 Å². The Kier molecular flexibility index (Phi) is 5.33. The molecule has 2 aromatic heterocycles. The molecule has 0 radical (unpaired) electrons. The highest BCUT2D eigenvalue weighted by molar-refractivity contribution is 5.91. The molecule has 1 aliphatic heterocycles. The van der Waals surface area contributed by atoms with E-state index in [-0.39, 0.29) is 29.7 Å². The number of rotatable bonds is 7. The number of amides is 2. The summed E-state index contributed by atoms with van der Waals surface area (Å²) >= 11 is 0. The Morgan fingerprint density at radius 3 is 2.84 bits per heavy atom. The lowest BCUT2D eigenvalue weighted by Crippen LogP contribution is -2.30. The van der Waals surface area contributed by atoms with Crippen LogP contribution in [-0.2, 0) is 11.3 Å². The summed E-state index contributed by atoms with van der Waals surface area (Å²) in [4.78, 5) is 37.1. The van der Waals surface area contributed by atoms with Gasteiger partial charge < -0.3 is 19.2 Å². The highest BCUT2D eigenvalue weighted by Gasteiger charge is 2.19. The summed E-state index contributed by atoms with van der Waals surface area (Å²) < 4.78 is 7.02. The Balaban J connectivity index is 1.46. The van der Waals surface area contributed by atoms with E-state index in [0.29, 0.717) is 31.7 Å². The van der Waals surface area contributed by atoms with Gasteiger partial charge in [0, 0.05) is 38.3 Å². The van der Waals surface area contributed by atoms with Gasteiger partial charge in [-0.05, 0) is 31.0 Å². The van der Waals surface area contributed by atoms with Crippen LogP contribution in [0.2, 0.25) is 0 Å². The fourth-order valence-corrected chi connectivity index (χ4v) is 2.84. The summed E-state index contributed by atoms with van der Waals surface area (Å²) in [6, 6.07) is 8.21. The third-order valence-corrected chi connectivity index (χ3v) is 4.17. The lowest BCUT2D eigenvalue weighted by Gasteiger charge is -2.14. The van der Waals surface area contributed by atoms with E-state index in [4.69, 9.17) is 4.42 Å². The summed E-state index contributed by atoms with van der Waals surface area (Å²) in [5, 5.41) is 2.79. The van der Waals surface area contributed by atoms with Crippen LogP contribution in [0.1, 0.15) is 35.6 Å². The molecular weight excluding hydrogens is 322 g/mol. The van der Waals surface area contributed by atoms with Crippen LogP contribution in [0.25, 0.3) is 0 Å². The first-order valence-electron chi connectivity index (χ1n) is 8.43. The van der Waals surface area contributed by atoms with Crippen molar-refractivity contribution in [1.82, 2.24) is 14.8 Å². The van der Waals surface area contributed by atoms with E-state index in [1.807, 2.05) is 4.90 Å². The monoisotopic (exact) mass is 343 g/mol. The molecule has 0 saturated carbocycles. The largest absolute Gasteiger partial charge is 0.454 e. The molecule has 25 heavy (non-hydrogen) atoms. The summed E-state index contributed by atoms with van der Waals surface area (Å²) in [6.07, 6.45) is 3.94. The number of carbonyl (C=O) groups is 2. The zero-order chi connectivity index (χ0) is 17.6. The first-order chi connectivity index (χ1) is 12.1. The maximum absolute atomic E-state index is 12.1. The van der Waals surface area contributed by atoms with Crippen LogP contribution in [0.15, 0.2) is 45.7 Å². The Morgan fingerprint density at radius 2 is 2.08 bits per heavy atom. The van der Waals surface area contributed by atoms with Crippen molar-refractivity contribution in [3.63, 3.8) is 0 Å². The van der Waals surface area contributed by atoms with Crippen molar-refractivity contribution in [3.05, 3.63) is 58.4 Å². The van der Waals surface area contributed by atoms with Crippen LogP contribution in [-0.4, -0.2) is 40.9 Å². The van der Waals surface area contributed by atoms with Crippen LogP contribution in [0.3, 0.4) is 0 Å². The van der Waals surface area contributed by atoms with Gasteiger partial charge >= 0.3 is 0 Å². The lowest BCUT2D eigenvalue weighted by molar-refractivity contribution is -0.127. The molecular formula is C18H21N3O4. The van der Waals surface area contributed by atoms with Gasteiger partial charge in [0.2, 0.25) is 5.91 Å². The minimum absolute atomic E-state index is 0.124. The van der Waals surface area contributed by atoms with Crippen LogP contribution in [0, 0.1) is 0 Å². The van der Waals surface area contributed by atoms with Crippen molar-refractivity contribution in [2.24, 2.45) is 0 Å². The Morgan fingerprint density at radius 1 is 1.20 bits per heavy atom. The van der Waals surface area contributed by atoms with Crippen LogP contribution in [0.5, 0.6) is 0 Å². The highest BCUT2D eigenvalue weighted by atomic mass is 16.4. The maximum Gasteiger partial charge on any atom is 0.286 e. The molecule has 1 saturated heterocycles. The summed E-state index contributed by atoms with van der Waals surface area (Å²) in [7, 11) is 0. The molecule has 132 valence electrons. The molecule has 2 amide bonds. The number of hydrogen-bond donors (Lipinski definition) is 1. The number of carbonyl (C=O) groups excluding carboxylic acids is 2. The van der Waals surface area contributed by atoms with Crippen LogP contribution in [0.4, 0.5) is 0 Å². The zero-order valence-corrected chi connectivity index (χ0v) is 13.9. The third kappa shape index (κ3) is 4.37. The van der Waals surface area contributed by atoms with Gasteiger partial charge in [-0.25, -0.2) is 0 Å². The second kappa shape index (κ2) is 7.83. The molecule has 0 bridgehead atoms. The predicted octanol–water partition coefficient (Wildman–Crippen LogP) is 1.23. The number of aromatic nitrogens is 1. The maximum atomic E-state index is 12.1. The van der Waals surface area contributed by atoms with Gasteiger partial charge in [0.25, 0.3) is 11.5 Å². The molecule has 0 unspecified atom stereocenters. The van der Waals surface area contributed by atoms with E-state index < -0.39 is 0 Å². The predicted molar refractivity (Wildman–Crippen MR) is 91.3 cm³/mol. The lowest BCUT2D eigenvalue weighted by atomic mass is 10.3. The van der Waals surface area contributed by atoms with Crippen molar-refractivity contribution in [2.45, 2.75) is 25.8 Å². The minimum atomic E-state index is -0.292. The van der Waals surface area contributed by atoms with Crippen LogP contribution >= 0.6 is 0 Å². The van der Waals surface area contributed by atoms with Gasteiger partial charge in [-0.3, -0.25) is 14.4 Å². The summed E-state index contributed by atoms with van der Waals surface area (Å²) in [5.41, 5.74) is -0.124. The van der Waals surface area contributed by atoms with E-state index in [9.17, 15) is 14.4 Å². The molecule has 1 N–H and O–H groups in total. The number of furan rings is 1. The van der Waals surface area contributed by atoms with Gasteiger partial charge in [-0.2, -0.15) is 0 Å². The van der Waals surface area contributed by atoms with E-state index in [2.05, 4.69) is 5.32 Å². The molecule has 7 heteroatoms. The molecule has 0 aliphatic carbocycles. The Bertz CT molecular complexity index is 808. The molecule has 1 fully saturated rings. The van der Waals surface area contributed by atoms with Gasteiger partial charge in [-0.1, -0.05) is 6.07 Å². The Hall–Kier alpha value is -2.83. The number of hydrogen-bond acceptors (Lipinski definition) is 4. The smallest absolute Gasteiger partial charge is 0.286 e. The summed E-state index contributed by atoms with van der Waals surface area (Å²) in [5.74, 6) is 0.662. The van der Waals surface area contributed by atoms with Crippen LogP contribution < -0.4 is 10.9 Å². The second-order valence-electron chi connectivity index (χ2n) is 6.03. The fourth-order valence-electron chi connectivity index (χ4n) is 2.84. The van der Waals surface area contributed by atoms with Gasteiger partial charge in [0.05, 0.1) is 6.54 Å². The number of likely N-dealkylation sites (tertiary alicyclic amines) is 1. The summed E-state index contributed by atoms with van der Waals surface area (Å²) in [6.45, 7) is 2.24. The number of pyridine rings is 1. The van der Waals surface area contributed by atoms with Crippen molar-refractivity contribution in [1.29, 1.82) is 0 Å². The fraction of sp³-hybridized carbons (Fsp3) is 0.389. The quantitative estimate of drug-likeness (QED) is 0.767. The molecule has 3 rings (SSSR count). The van der Waals surface area contributed by atoms with Gasteiger partial charge in [0.15, 0.2) is 5.76 Å². The van der Waals surface area contributed by atoms with Crippen molar-refractivity contribution >= 4 is 11.8 Å². The molecule has 7 nitrogen and oxygen atoms in total. The average Bonchev–Trinajstić information content (AvgIpc) is 3.23. The second-order valence-corrected chi connectivity index (χ2v) is 6.03. The number of nitrogens with one attached hydrogen (secondary N) is 1. The van der Waals surface area contributed by atoms with Crippen molar-refractivity contribution in [2.75, 3.05) is 19.6 Å². The molecule has 0 spiro atoms. The van der Waals surface area contributed by atoms with Crippen molar-refractivity contribution in [3.8, 4) is 0 Å². The highest BCUT2D eigenvalue weighted by Crippen LogP contribution is 2.10. The minimum Gasteiger partial charge on any atom is -0.454 e. The normalized spacial score (nSPS) is 14.1. The average molecular weight is 343 g/mol. The molecule has 2 aromatic rings. The first kappa shape index (κ1) is 17.0. The third-order valence-electron chi connectivity index (χ3n) is 4.17. The SMILES string of the molecule is O=C(NCCCN1CCCC1=O)c1ccc(Cn2ccccc2=O)o1. The van der Waals surface area contributed by atoms with Gasteiger partial charge in [0.1, 0.15) is 5.76 Å². The number of nitrogens with zero attached hydrogens (tertiary/aromatic N) is 2. The van der Waals surface area contributed by atoms with E-state index >= 15 is 0 Å². The van der Waals surface area contributed by atoms with E-state index in [0.717, 1.165) is 13.0 Å². The first-order valence-corrected chi connectivity index (χ1v) is 8.43. The van der Waals surface area contributed by atoms with Crippen molar-refractivity contribution < 1.29 is 14.0 Å². The van der Waals surface area contributed by atoms with E-state index in [1.165, 1.54) is 10.6 Å². The molecule has 0 atom stereocenters. The Labute approximate surface area is 145 Å². The van der Waals surface area contributed by atoms with E-state index in [1.54, 1.807) is 30.5 Å². The molecule has 1 aliphatic rings. The molecule has 3 heterocycles. The standard InChI is InChI=1S/C18H21N3O4/c22-16-6-3-11-20(16)12-4-9-19-18(24)15-8-7-14(25-15)13-21-10-2-1-5-17(21)23/h1-2,5,7-8,10H,3-4,6,9,11-13H2,(H,19,24). The zero-order valence-electron chi connectivity index (χ0n) is 13.9. The molecule has 0 aromatic carbocycles. The van der Waals surface area contributed by atoms with Gasteiger partial charge in [-0.15, -0.1) is 0 Å².